The van der Waals surface area contributed by atoms with Gasteiger partial charge in [-0.05, 0) is 6.92 Å². The minimum atomic E-state index is -2.65. The lowest BCUT2D eigenvalue weighted by Crippen LogP contribution is -1.88. The number of hydrogen-bond acceptors (Lipinski definition) is 2. The summed E-state index contributed by atoms with van der Waals surface area (Å²) < 4.78 is 9.63. The molecule has 0 aromatic carbocycles. The highest BCUT2D eigenvalue weighted by Gasteiger charge is 1.97. The van der Waals surface area contributed by atoms with Crippen molar-refractivity contribution in [3.05, 3.63) is 0 Å². The van der Waals surface area contributed by atoms with E-state index in [0.717, 1.165) is 0 Å². The molecule has 0 aromatic heterocycles. The SMILES string of the molecule is CC(O)[PH](=O)O. The summed E-state index contributed by atoms with van der Waals surface area (Å²) in [7, 11) is -2.65. The highest BCUT2D eigenvalue weighted by Crippen LogP contribution is 2.17. The fourth-order valence-electron chi connectivity index (χ4n) is 0. The van der Waals surface area contributed by atoms with Crippen LogP contribution in [0.2, 0.25) is 0 Å². The second-order valence-corrected chi connectivity index (χ2v) is 2.53. The van der Waals surface area contributed by atoms with E-state index in [0.29, 0.717) is 0 Å². The first-order valence-electron chi connectivity index (χ1n) is 1.55. The summed E-state index contributed by atoms with van der Waals surface area (Å²) in [6.45, 7) is 1.28. The summed E-state index contributed by atoms with van der Waals surface area (Å²) in [5, 5.41) is 8.11. The highest BCUT2D eigenvalue weighted by molar-refractivity contribution is 7.38. The summed E-state index contributed by atoms with van der Waals surface area (Å²) in [5.41, 5.74) is 0. The van der Waals surface area contributed by atoms with Crippen molar-refractivity contribution in [2.24, 2.45) is 0 Å². The Morgan fingerprint density at radius 3 is 2.00 bits per heavy atom. The van der Waals surface area contributed by atoms with Gasteiger partial charge in [-0.1, -0.05) is 0 Å². The van der Waals surface area contributed by atoms with Crippen LogP contribution in [0.3, 0.4) is 0 Å². The number of hydrogen-bond donors (Lipinski definition) is 2. The molecule has 0 aliphatic carbocycles. The normalized spacial score (nSPS) is 19.8. The molecule has 0 bridgehead atoms. The minimum Gasteiger partial charge on any atom is -0.384 e. The molecule has 2 unspecified atom stereocenters. The van der Waals surface area contributed by atoms with E-state index >= 15 is 0 Å². The molecule has 38 valence electrons. The zero-order valence-electron chi connectivity index (χ0n) is 3.38. The molecule has 3 nitrogen and oxygen atoms in total. The number of rotatable bonds is 1. The van der Waals surface area contributed by atoms with Crippen molar-refractivity contribution in [3.63, 3.8) is 0 Å². The molecule has 0 radical (unpaired) electrons. The summed E-state index contributed by atoms with van der Waals surface area (Å²) >= 11 is 0. The van der Waals surface area contributed by atoms with Gasteiger partial charge < -0.3 is 10.00 Å². The first-order valence-corrected chi connectivity index (χ1v) is 2.98. The van der Waals surface area contributed by atoms with Gasteiger partial charge in [0.2, 0.25) is 8.03 Å². The molecule has 0 spiro atoms. The highest BCUT2D eigenvalue weighted by atomic mass is 31.1. The monoisotopic (exact) mass is 110 g/mol. The molecule has 0 aliphatic heterocycles. The minimum absolute atomic E-state index is 1.05. The van der Waals surface area contributed by atoms with Gasteiger partial charge in [-0.25, -0.2) is 0 Å². The second kappa shape index (κ2) is 2.35. The Kier molecular flexibility index (Phi) is 2.40. The van der Waals surface area contributed by atoms with E-state index in [1.807, 2.05) is 0 Å². The van der Waals surface area contributed by atoms with E-state index in [9.17, 15) is 4.57 Å². The van der Waals surface area contributed by atoms with Crippen molar-refractivity contribution in [2.75, 3.05) is 0 Å². The molecular weight excluding hydrogens is 103 g/mol. The third-order valence-corrected chi connectivity index (χ3v) is 1.07. The van der Waals surface area contributed by atoms with E-state index in [4.69, 9.17) is 10.00 Å². The molecule has 6 heavy (non-hydrogen) atoms. The van der Waals surface area contributed by atoms with Crippen LogP contribution in [0.4, 0.5) is 0 Å². The van der Waals surface area contributed by atoms with Crippen LogP contribution >= 0.6 is 8.03 Å². The quantitative estimate of drug-likeness (QED) is 0.459. The van der Waals surface area contributed by atoms with Gasteiger partial charge >= 0.3 is 0 Å². The maximum atomic E-state index is 9.63. The first kappa shape index (κ1) is 6.15. The smallest absolute Gasteiger partial charge is 0.216 e. The van der Waals surface area contributed by atoms with Crippen LogP contribution in [0.15, 0.2) is 0 Å². The van der Waals surface area contributed by atoms with Crippen LogP contribution in [0.5, 0.6) is 0 Å². The van der Waals surface area contributed by atoms with Crippen molar-refractivity contribution >= 4 is 8.03 Å². The standard InChI is InChI=1S/C2H7O3P/c1-2(3)6(4)5/h2-3,6H,1H3,(H,4,5). The molecule has 0 aliphatic rings. The maximum Gasteiger partial charge on any atom is 0.216 e. The topological polar surface area (TPSA) is 57.5 Å². The van der Waals surface area contributed by atoms with Crippen molar-refractivity contribution in [1.82, 2.24) is 0 Å². The van der Waals surface area contributed by atoms with Crippen molar-refractivity contribution < 1.29 is 14.6 Å². The van der Waals surface area contributed by atoms with E-state index < -0.39 is 13.9 Å². The molecule has 0 fully saturated rings. The molecule has 0 aromatic rings. The number of aliphatic hydroxyl groups is 1. The Balaban J connectivity index is 3.26. The van der Waals surface area contributed by atoms with Gasteiger partial charge in [0.25, 0.3) is 0 Å². The molecule has 4 heteroatoms. The largest absolute Gasteiger partial charge is 0.384 e. The molecule has 0 heterocycles. The molecule has 0 saturated heterocycles. The van der Waals surface area contributed by atoms with Crippen LogP contribution in [0.25, 0.3) is 0 Å². The lowest BCUT2D eigenvalue weighted by atomic mass is 10.9. The number of aliphatic hydroxyl groups excluding tert-OH is 1. The fourth-order valence-corrected chi connectivity index (χ4v) is 0. The molecule has 0 amide bonds. The predicted molar refractivity (Wildman–Crippen MR) is 22.9 cm³/mol. The van der Waals surface area contributed by atoms with Crippen LogP contribution in [-0.4, -0.2) is 15.8 Å². The van der Waals surface area contributed by atoms with E-state index in [1.54, 1.807) is 0 Å². The summed E-state index contributed by atoms with van der Waals surface area (Å²) in [5.74, 6) is -1.05. The lowest BCUT2D eigenvalue weighted by molar-refractivity contribution is 0.257. The Morgan fingerprint density at radius 2 is 2.00 bits per heavy atom. The summed E-state index contributed by atoms with van der Waals surface area (Å²) in [6.07, 6.45) is 0. The van der Waals surface area contributed by atoms with Gasteiger partial charge in [0.1, 0.15) is 5.85 Å². The predicted octanol–water partition coefficient (Wildman–Crippen LogP) is -0.208. The Bertz CT molecular complexity index is 59.8. The van der Waals surface area contributed by atoms with Crippen molar-refractivity contribution in [3.8, 4) is 0 Å². The first-order chi connectivity index (χ1) is 2.64. The average molecular weight is 110 g/mol. The van der Waals surface area contributed by atoms with Crippen molar-refractivity contribution in [2.45, 2.75) is 12.8 Å². The fraction of sp³-hybridized carbons (Fsp3) is 1.00. The summed E-state index contributed by atoms with van der Waals surface area (Å²) in [6, 6.07) is 0. The van der Waals surface area contributed by atoms with Gasteiger partial charge in [-0.15, -0.1) is 0 Å². The van der Waals surface area contributed by atoms with E-state index in [2.05, 4.69) is 0 Å². The van der Waals surface area contributed by atoms with Crippen LogP contribution in [0.1, 0.15) is 6.92 Å². The second-order valence-electron chi connectivity index (χ2n) is 1.01. The Hall–Kier alpha value is 0.150. The molecular formula is C2H7O3P. The average Bonchev–Trinajstić information content (AvgIpc) is 1.36. The zero-order valence-corrected chi connectivity index (χ0v) is 4.38. The van der Waals surface area contributed by atoms with E-state index in [1.165, 1.54) is 6.92 Å². The van der Waals surface area contributed by atoms with Gasteiger partial charge in [0.15, 0.2) is 0 Å². The Labute approximate surface area is 36.5 Å². The van der Waals surface area contributed by atoms with Crippen LogP contribution in [0, 0.1) is 0 Å². The Morgan fingerprint density at radius 1 is 1.83 bits per heavy atom. The molecule has 0 rings (SSSR count). The third-order valence-electron chi connectivity index (χ3n) is 0.357. The third kappa shape index (κ3) is 2.39. The molecule has 2 atom stereocenters. The molecule has 2 N–H and O–H groups in total. The van der Waals surface area contributed by atoms with Gasteiger partial charge in [0.05, 0.1) is 0 Å². The van der Waals surface area contributed by atoms with Crippen LogP contribution in [-0.2, 0) is 4.57 Å². The van der Waals surface area contributed by atoms with Gasteiger partial charge in [0, 0.05) is 0 Å². The molecule has 0 saturated carbocycles. The van der Waals surface area contributed by atoms with Crippen molar-refractivity contribution in [1.29, 1.82) is 0 Å². The zero-order chi connectivity index (χ0) is 5.15. The van der Waals surface area contributed by atoms with Crippen LogP contribution < -0.4 is 0 Å². The summed E-state index contributed by atoms with van der Waals surface area (Å²) in [4.78, 5) is 7.93. The van der Waals surface area contributed by atoms with E-state index in [-0.39, 0.29) is 0 Å². The lowest BCUT2D eigenvalue weighted by Gasteiger charge is -1.91. The maximum absolute atomic E-state index is 9.63. The van der Waals surface area contributed by atoms with Gasteiger partial charge in [-0.2, -0.15) is 0 Å². The van der Waals surface area contributed by atoms with Gasteiger partial charge in [-0.3, -0.25) is 4.57 Å².